The number of pyridine rings is 2. The van der Waals surface area contributed by atoms with Crippen LogP contribution in [0.15, 0.2) is 36.8 Å². The monoisotopic (exact) mass is 430 g/mol. The van der Waals surface area contributed by atoms with Gasteiger partial charge in [-0.15, -0.1) is 11.6 Å². The highest BCUT2D eigenvalue weighted by atomic mass is 35.5. The summed E-state index contributed by atoms with van der Waals surface area (Å²) in [6, 6.07) is 3.73. The normalized spacial score (nSPS) is 12.2. The molecular weight excluding hydrogens is 413 g/mol. The van der Waals surface area contributed by atoms with E-state index in [2.05, 4.69) is 25.3 Å². The quantitative estimate of drug-likeness (QED) is 0.625. The number of hydrogen-bond donors (Lipinski definition) is 2. The van der Waals surface area contributed by atoms with Gasteiger partial charge in [-0.2, -0.15) is 13.2 Å². The van der Waals surface area contributed by atoms with Crippen LogP contribution in [0.25, 0.3) is 0 Å². The van der Waals surface area contributed by atoms with Crippen molar-refractivity contribution in [2.75, 3.05) is 17.8 Å². The largest absolute Gasteiger partial charge is 0.468 e. The summed E-state index contributed by atoms with van der Waals surface area (Å²) in [4.78, 5) is 32.0. The van der Waals surface area contributed by atoms with Gasteiger partial charge in [0.25, 0.3) is 5.91 Å². The van der Waals surface area contributed by atoms with Crippen molar-refractivity contribution in [3.8, 4) is 5.88 Å². The summed E-state index contributed by atoms with van der Waals surface area (Å²) in [5.74, 6) is -0.865. The zero-order valence-electron chi connectivity index (χ0n) is 15.3. The molecule has 2 aromatic heterocycles. The Kier molecular flexibility index (Phi) is 7.77. The van der Waals surface area contributed by atoms with Gasteiger partial charge in [-0.25, -0.2) is 4.98 Å². The van der Waals surface area contributed by atoms with Crippen LogP contribution in [-0.4, -0.2) is 40.4 Å². The van der Waals surface area contributed by atoms with Crippen LogP contribution in [0.2, 0.25) is 0 Å². The van der Waals surface area contributed by atoms with E-state index in [9.17, 15) is 22.8 Å². The number of hydrogen-bond acceptors (Lipinski definition) is 5. The van der Waals surface area contributed by atoms with Crippen molar-refractivity contribution in [1.82, 2.24) is 15.3 Å². The van der Waals surface area contributed by atoms with Crippen molar-refractivity contribution in [1.29, 1.82) is 0 Å². The lowest BCUT2D eigenvalue weighted by molar-refractivity contribution is -0.154. The van der Waals surface area contributed by atoms with Gasteiger partial charge in [0.2, 0.25) is 11.8 Å². The maximum Gasteiger partial charge on any atom is 0.422 e. The van der Waals surface area contributed by atoms with E-state index >= 15 is 0 Å². The third-order valence-corrected chi connectivity index (χ3v) is 3.84. The number of nitrogens with one attached hydrogen (secondary N) is 2. The van der Waals surface area contributed by atoms with Crippen molar-refractivity contribution in [3.63, 3.8) is 0 Å². The molecule has 0 aliphatic heterocycles. The minimum Gasteiger partial charge on any atom is -0.468 e. The molecule has 2 aromatic rings. The summed E-state index contributed by atoms with van der Waals surface area (Å²) in [5.41, 5.74) is 0.994. The molecule has 2 heterocycles. The summed E-state index contributed by atoms with van der Waals surface area (Å²) < 4.78 is 41.1. The minimum atomic E-state index is -4.46. The number of anilines is 1. The van der Waals surface area contributed by atoms with Crippen molar-refractivity contribution in [2.24, 2.45) is 0 Å². The number of carbonyl (C=O) groups excluding carboxylic acids is 2. The number of alkyl halides is 4. The molecule has 2 N–H and O–H groups in total. The highest BCUT2D eigenvalue weighted by molar-refractivity contribution is 6.19. The van der Waals surface area contributed by atoms with Crippen LogP contribution in [0.3, 0.4) is 0 Å². The van der Waals surface area contributed by atoms with Gasteiger partial charge in [0.1, 0.15) is 0 Å². The summed E-state index contributed by atoms with van der Waals surface area (Å²) in [6.45, 7) is 0.240. The average molecular weight is 431 g/mol. The molecule has 0 saturated heterocycles. The average Bonchev–Trinajstić information content (AvgIpc) is 2.66. The predicted octanol–water partition coefficient (Wildman–Crippen LogP) is 3.48. The second-order valence-corrected chi connectivity index (χ2v) is 6.32. The van der Waals surface area contributed by atoms with E-state index in [1.165, 1.54) is 36.8 Å². The standard InChI is InChI=1S/C18H18ClF3N4O3/c1-11(12-2-3-16(24-8-12)29-10-18(20,21)22)25-17(28)13-5-7-23-9-14(13)26-15(27)4-6-19/h2-3,5,7-9,11H,4,6,10H2,1H3,(H,25,28)(H,26,27). The van der Waals surface area contributed by atoms with Crippen LogP contribution < -0.4 is 15.4 Å². The fourth-order valence-electron chi connectivity index (χ4n) is 2.24. The Labute approximate surface area is 169 Å². The van der Waals surface area contributed by atoms with E-state index in [1.54, 1.807) is 6.92 Å². The van der Waals surface area contributed by atoms with Gasteiger partial charge in [0.05, 0.1) is 23.5 Å². The van der Waals surface area contributed by atoms with Crippen LogP contribution in [0, 0.1) is 0 Å². The Morgan fingerprint density at radius 1 is 1.24 bits per heavy atom. The smallest absolute Gasteiger partial charge is 0.422 e. The molecule has 1 unspecified atom stereocenters. The van der Waals surface area contributed by atoms with E-state index in [0.29, 0.717) is 5.56 Å². The molecule has 0 fully saturated rings. The molecule has 0 radical (unpaired) electrons. The fraction of sp³-hybridized carbons (Fsp3) is 0.333. The van der Waals surface area contributed by atoms with E-state index in [1.807, 2.05) is 0 Å². The second-order valence-electron chi connectivity index (χ2n) is 5.94. The molecule has 2 rings (SSSR count). The molecule has 29 heavy (non-hydrogen) atoms. The molecule has 11 heteroatoms. The number of carbonyl (C=O) groups is 2. The van der Waals surface area contributed by atoms with Gasteiger partial charge in [-0.05, 0) is 18.6 Å². The third-order valence-electron chi connectivity index (χ3n) is 3.65. The van der Waals surface area contributed by atoms with Gasteiger partial charge >= 0.3 is 6.18 Å². The zero-order valence-corrected chi connectivity index (χ0v) is 16.0. The summed E-state index contributed by atoms with van der Waals surface area (Å²) in [5, 5.41) is 5.30. The van der Waals surface area contributed by atoms with E-state index < -0.39 is 24.7 Å². The Balaban J connectivity index is 2.03. The van der Waals surface area contributed by atoms with Gasteiger partial charge in [0, 0.05) is 30.8 Å². The number of rotatable bonds is 8. The van der Waals surface area contributed by atoms with Crippen LogP contribution in [0.1, 0.15) is 35.3 Å². The molecule has 0 saturated carbocycles. The molecule has 0 aromatic carbocycles. The van der Waals surface area contributed by atoms with Gasteiger partial charge in [-0.3, -0.25) is 14.6 Å². The molecule has 1 atom stereocenters. The molecular formula is C18H18ClF3N4O3. The Morgan fingerprint density at radius 3 is 2.62 bits per heavy atom. The number of ether oxygens (including phenoxy) is 1. The van der Waals surface area contributed by atoms with Crippen LogP contribution in [0.5, 0.6) is 5.88 Å². The third kappa shape index (κ3) is 7.22. The second kappa shape index (κ2) is 10.1. The first-order valence-corrected chi connectivity index (χ1v) is 8.99. The number of aromatic nitrogens is 2. The molecule has 0 aliphatic carbocycles. The lowest BCUT2D eigenvalue weighted by Crippen LogP contribution is -2.28. The van der Waals surface area contributed by atoms with Gasteiger partial charge in [0.15, 0.2) is 6.61 Å². The summed E-state index contributed by atoms with van der Waals surface area (Å²) in [7, 11) is 0. The van der Waals surface area contributed by atoms with E-state index in [-0.39, 0.29) is 35.3 Å². The highest BCUT2D eigenvalue weighted by Gasteiger charge is 2.28. The van der Waals surface area contributed by atoms with Crippen molar-refractivity contribution in [2.45, 2.75) is 25.6 Å². The SMILES string of the molecule is CC(NC(=O)c1ccncc1NC(=O)CCCl)c1ccc(OCC(F)(F)F)nc1. The zero-order chi connectivity index (χ0) is 21.4. The first kappa shape index (κ1) is 22.4. The molecule has 156 valence electrons. The number of nitrogens with zero attached hydrogens (tertiary/aromatic N) is 2. The van der Waals surface area contributed by atoms with Crippen LogP contribution >= 0.6 is 11.6 Å². The fourth-order valence-corrected chi connectivity index (χ4v) is 2.41. The molecule has 0 aliphatic rings. The lowest BCUT2D eigenvalue weighted by atomic mass is 10.1. The van der Waals surface area contributed by atoms with E-state index in [4.69, 9.17) is 11.6 Å². The van der Waals surface area contributed by atoms with Gasteiger partial charge in [-0.1, -0.05) is 6.07 Å². The Hall–Kier alpha value is -2.88. The minimum absolute atomic E-state index is 0.0857. The van der Waals surface area contributed by atoms with Crippen molar-refractivity contribution in [3.05, 3.63) is 47.9 Å². The first-order chi connectivity index (χ1) is 13.7. The van der Waals surface area contributed by atoms with Crippen molar-refractivity contribution < 1.29 is 27.5 Å². The maximum absolute atomic E-state index is 12.6. The predicted molar refractivity (Wildman–Crippen MR) is 99.9 cm³/mol. The van der Waals surface area contributed by atoms with E-state index in [0.717, 1.165) is 0 Å². The van der Waals surface area contributed by atoms with Crippen molar-refractivity contribution >= 4 is 29.1 Å². The molecule has 0 bridgehead atoms. The molecule has 0 spiro atoms. The maximum atomic E-state index is 12.6. The molecule has 7 nitrogen and oxygen atoms in total. The molecule has 2 amide bonds. The Morgan fingerprint density at radius 2 is 2.00 bits per heavy atom. The lowest BCUT2D eigenvalue weighted by Gasteiger charge is -2.16. The number of amides is 2. The topological polar surface area (TPSA) is 93.2 Å². The van der Waals surface area contributed by atoms with Gasteiger partial charge < -0.3 is 15.4 Å². The summed E-state index contributed by atoms with van der Waals surface area (Å²) in [6.07, 6.45) is -0.303. The summed E-state index contributed by atoms with van der Waals surface area (Å²) >= 11 is 5.53. The highest BCUT2D eigenvalue weighted by Crippen LogP contribution is 2.20. The van der Waals surface area contributed by atoms with Crippen LogP contribution in [-0.2, 0) is 4.79 Å². The number of halogens is 4. The Bertz CT molecular complexity index is 847. The first-order valence-electron chi connectivity index (χ1n) is 8.46. The van der Waals surface area contributed by atoms with Crippen LogP contribution in [0.4, 0.5) is 18.9 Å².